The third-order valence-corrected chi connectivity index (χ3v) is 23.0. The molecule has 0 saturated heterocycles. The van der Waals surface area contributed by atoms with Crippen LogP contribution >= 0.6 is 11.6 Å². The molecule has 0 bridgehead atoms. The van der Waals surface area contributed by atoms with Crippen molar-refractivity contribution in [3.63, 3.8) is 0 Å². The number of halogens is 4. The molecule has 10 aromatic carbocycles. The standard InChI is InChI=1S/2C30H33FO4.C18H20ClFO.2C13H16O3/c2*1-19(2)13-23-14-20(7-11-26(23)28-16-24(34-3)10-12-29(28)31)18-35-25-6-4-5-22(15-25)27(17-30(32)33)21-8-9-21;1-12(2)8-14-9-13(11-19)4-6-16(14)17-10-15(21-3)5-7-18(17)20;2*1-16-13(15)8-12(9-5-6-9)10-3-2-4-11(14)7-10/h2*4-7,10-12,14-16,19,21,27H,8-9,13,17-18H2,1-3H3,(H,32,33);4-7,9-10,12H,8,11H2,1-3H3;2*2-4,7,9,12,14H,5-6,8H2,1H3/t2*27-;;2*12-/m10.10/s1. The second-order valence-electron chi connectivity index (χ2n) is 33.9. The van der Waals surface area contributed by atoms with Gasteiger partial charge in [0.2, 0.25) is 0 Å². The number of hydrogen-bond donors (Lipinski definition) is 4. The van der Waals surface area contributed by atoms with Crippen LogP contribution in [0.4, 0.5) is 13.2 Å². The van der Waals surface area contributed by atoms with Gasteiger partial charge < -0.3 is 53.6 Å². The number of methoxy groups -OCH3 is 5. The smallest absolute Gasteiger partial charge is 0.306 e. The highest BCUT2D eigenvalue weighted by Gasteiger charge is 2.38. The molecule has 10 aromatic rings. The van der Waals surface area contributed by atoms with Crippen molar-refractivity contribution >= 4 is 35.5 Å². The Labute approximate surface area is 727 Å². The predicted octanol–water partition coefficient (Wildman–Crippen LogP) is 24.8. The van der Waals surface area contributed by atoms with E-state index in [2.05, 4.69) is 59.7 Å². The zero-order chi connectivity index (χ0) is 88.4. The first-order chi connectivity index (χ1) is 59.1. The van der Waals surface area contributed by atoms with E-state index in [-0.39, 0.29) is 77.4 Å². The number of benzene rings is 10. The largest absolute Gasteiger partial charge is 0.508 e. The Kier molecular flexibility index (Phi) is 35.0. The van der Waals surface area contributed by atoms with Crippen molar-refractivity contribution in [3.8, 4) is 73.6 Å². The van der Waals surface area contributed by atoms with Gasteiger partial charge in [-0.25, -0.2) is 13.2 Å². The average Bonchev–Trinajstić information content (AvgIpc) is 1.80. The molecule has 4 saturated carbocycles. The summed E-state index contributed by atoms with van der Waals surface area (Å²) in [5.41, 5.74) is 14.7. The molecule has 0 heterocycles. The second-order valence-corrected chi connectivity index (χ2v) is 34.2. The Morgan fingerprint density at radius 3 is 0.919 bits per heavy atom. The number of carboxylic acid groups (broad SMARTS) is 2. The van der Waals surface area contributed by atoms with Crippen LogP contribution in [0.5, 0.6) is 40.2 Å². The Morgan fingerprint density at radius 2 is 0.642 bits per heavy atom. The number of phenolic OH excluding ortho intramolecular Hbond substituents is 2. The van der Waals surface area contributed by atoms with Crippen molar-refractivity contribution in [2.24, 2.45) is 41.4 Å². The minimum Gasteiger partial charge on any atom is -0.508 e. The summed E-state index contributed by atoms with van der Waals surface area (Å²) in [6, 6.07) is 62.4. The van der Waals surface area contributed by atoms with Crippen LogP contribution in [0, 0.1) is 58.9 Å². The highest BCUT2D eigenvalue weighted by atomic mass is 35.5. The first-order valence-electron chi connectivity index (χ1n) is 42.7. The topological polar surface area (TPSA) is 214 Å². The van der Waals surface area contributed by atoms with Gasteiger partial charge in [-0.3, -0.25) is 19.2 Å². The van der Waals surface area contributed by atoms with E-state index >= 15 is 0 Å². The lowest BCUT2D eigenvalue weighted by Crippen LogP contribution is -2.10. The minimum absolute atomic E-state index is 0.0331. The van der Waals surface area contributed by atoms with Crippen LogP contribution in [0.15, 0.2) is 206 Å². The van der Waals surface area contributed by atoms with Gasteiger partial charge in [0, 0.05) is 22.6 Å². The van der Waals surface area contributed by atoms with E-state index in [0.29, 0.717) is 107 Å². The van der Waals surface area contributed by atoms with E-state index < -0.39 is 11.9 Å². The molecule has 4 N–H and O–H groups in total. The summed E-state index contributed by atoms with van der Waals surface area (Å²) in [6.07, 6.45) is 12.6. The number of rotatable bonds is 35. The Balaban J connectivity index is 0.000000168. The van der Waals surface area contributed by atoms with Gasteiger partial charge in [-0.05, 0) is 311 Å². The molecule has 0 aromatic heterocycles. The SMILES string of the molecule is COC(=O)C[C@@H](c1cccc(O)c1)C1CC1.COC(=O)C[C@H](c1cccc(O)c1)C1CC1.COc1ccc(F)c(-c2ccc(CCl)cc2CC(C)C)c1.COc1ccc(F)c(-c2ccc(COc3cccc([C@@H](CC(=O)O)C4CC4)c3)cc2CC(C)C)c1.COc1ccc(F)c(-c2ccc(COc3cccc([C@H](CC(=O)O)C4CC4)c3)cc2CC(C)C)c1. The van der Waals surface area contributed by atoms with Crippen LogP contribution in [0.25, 0.3) is 33.4 Å². The van der Waals surface area contributed by atoms with E-state index in [1.54, 1.807) is 82.0 Å². The molecule has 0 amide bonds. The van der Waals surface area contributed by atoms with Crippen LogP contribution < -0.4 is 23.7 Å². The number of esters is 2. The molecule has 14 rings (SSSR count). The van der Waals surface area contributed by atoms with Crippen molar-refractivity contribution < 1.29 is 85.9 Å². The van der Waals surface area contributed by atoms with E-state index in [0.717, 1.165) is 154 Å². The molecule has 0 radical (unpaired) electrons. The lowest BCUT2D eigenvalue weighted by molar-refractivity contribution is -0.142. The van der Waals surface area contributed by atoms with Gasteiger partial charge in [0.15, 0.2) is 0 Å². The Morgan fingerprint density at radius 1 is 0.350 bits per heavy atom. The third kappa shape index (κ3) is 28.9. The van der Waals surface area contributed by atoms with Gasteiger partial charge in [0.25, 0.3) is 0 Å². The maximum atomic E-state index is 14.7. The maximum absolute atomic E-state index is 14.7. The first-order valence-corrected chi connectivity index (χ1v) is 43.2. The minimum atomic E-state index is -0.765. The van der Waals surface area contributed by atoms with Crippen LogP contribution in [0.3, 0.4) is 0 Å². The number of aliphatic carboxylic acids is 2. The third-order valence-electron chi connectivity index (χ3n) is 22.7. The fourth-order valence-electron chi connectivity index (χ4n) is 16.0. The van der Waals surface area contributed by atoms with Crippen LogP contribution in [0.1, 0.15) is 198 Å². The molecule has 4 aliphatic carbocycles. The molecule has 0 aliphatic heterocycles. The predicted molar refractivity (Wildman–Crippen MR) is 478 cm³/mol. The fraction of sp³-hybridized carbons (Fsp3) is 0.385. The summed E-state index contributed by atoms with van der Waals surface area (Å²) >= 11 is 5.92. The number of alkyl halides is 1. The van der Waals surface area contributed by atoms with Gasteiger partial charge in [-0.15, -0.1) is 11.6 Å². The molecular formula is C104H118ClF3O15. The molecule has 4 fully saturated rings. The average molecular weight is 1700 g/mol. The quantitative estimate of drug-likeness (QED) is 0.0215. The number of phenols is 2. The zero-order valence-electron chi connectivity index (χ0n) is 72.5. The maximum Gasteiger partial charge on any atom is 0.306 e. The van der Waals surface area contributed by atoms with E-state index in [4.69, 9.17) is 44.8 Å². The molecule has 0 spiro atoms. The molecule has 0 unspecified atom stereocenters. The number of aromatic hydroxyl groups is 2. The molecule has 4 aliphatic rings. The lowest BCUT2D eigenvalue weighted by atomic mass is 9.91. The van der Waals surface area contributed by atoms with Crippen molar-refractivity contribution in [2.45, 2.75) is 181 Å². The number of carboxylic acids is 2. The van der Waals surface area contributed by atoms with Gasteiger partial charge in [0.1, 0.15) is 70.9 Å². The molecule has 4 atom stereocenters. The van der Waals surface area contributed by atoms with E-state index in [1.165, 1.54) is 32.4 Å². The van der Waals surface area contributed by atoms with E-state index in [9.17, 15) is 52.8 Å². The molecule has 123 heavy (non-hydrogen) atoms. The normalized spacial score (nSPS) is 14.3. The molecular weight excluding hydrogens is 1580 g/mol. The number of carbonyl (C=O) groups excluding carboxylic acids is 2. The highest BCUT2D eigenvalue weighted by Crippen LogP contribution is 2.49. The highest BCUT2D eigenvalue weighted by molar-refractivity contribution is 6.17. The van der Waals surface area contributed by atoms with Crippen LogP contribution in [0.2, 0.25) is 0 Å². The monoisotopic (exact) mass is 1700 g/mol. The van der Waals surface area contributed by atoms with Gasteiger partial charge in [-0.1, -0.05) is 145 Å². The van der Waals surface area contributed by atoms with Gasteiger partial charge in [0.05, 0.1) is 61.2 Å². The number of carbonyl (C=O) groups is 4. The van der Waals surface area contributed by atoms with Crippen molar-refractivity contribution in [1.29, 1.82) is 0 Å². The molecule has 15 nitrogen and oxygen atoms in total. The fourth-order valence-corrected chi connectivity index (χ4v) is 16.1. The van der Waals surface area contributed by atoms with Crippen molar-refractivity contribution in [2.75, 3.05) is 35.5 Å². The molecule has 652 valence electrons. The Bertz CT molecular complexity index is 4900. The second kappa shape index (κ2) is 45.8. The Hall–Kier alpha value is -11.2. The first kappa shape index (κ1) is 94.0. The summed E-state index contributed by atoms with van der Waals surface area (Å²) in [4.78, 5) is 45.3. The molecule has 19 heteroatoms. The summed E-state index contributed by atoms with van der Waals surface area (Å²) in [5, 5.41) is 37.5. The van der Waals surface area contributed by atoms with Crippen molar-refractivity contribution in [1.82, 2.24) is 0 Å². The van der Waals surface area contributed by atoms with Crippen molar-refractivity contribution in [3.05, 3.63) is 279 Å². The number of ether oxygens (including phenoxy) is 7. The summed E-state index contributed by atoms with van der Waals surface area (Å²) in [7, 11) is 7.57. The van der Waals surface area contributed by atoms with Crippen LogP contribution in [-0.4, -0.2) is 79.9 Å². The van der Waals surface area contributed by atoms with Crippen LogP contribution in [-0.2, 0) is 67.0 Å². The lowest BCUT2D eigenvalue weighted by Gasteiger charge is -2.17. The van der Waals surface area contributed by atoms with Gasteiger partial charge in [-0.2, -0.15) is 0 Å². The summed E-state index contributed by atoms with van der Waals surface area (Å²) < 4.78 is 81.1. The zero-order valence-corrected chi connectivity index (χ0v) is 73.3. The van der Waals surface area contributed by atoms with Gasteiger partial charge >= 0.3 is 23.9 Å². The number of hydrogen-bond acceptors (Lipinski definition) is 13. The summed E-state index contributed by atoms with van der Waals surface area (Å²) in [6.45, 7) is 13.6. The van der Waals surface area contributed by atoms with E-state index in [1.807, 2.05) is 109 Å². The summed E-state index contributed by atoms with van der Waals surface area (Å²) in [5.74, 6) is 5.45.